The molecule has 0 aliphatic rings. The van der Waals surface area contributed by atoms with E-state index in [1.54, 1.807) is 0 Å². The molecule has 2 aromatic heterocycles. The molecule has 0 unspecified atom stereocenters. The number of carbonyl (C=O) groups excluding carboxylic acids is 1. The number of rotatable bonds is 6. The van der Waals surface area contributed by atoms with Gasteiger partial charge in [0.1, 0.15) is 0 Å². The van der Waals surface area contributed by atoms with E-state index in [0.29, 0.717) is 10.9 Å². The van der Waals surface area contributed by atoms with Crippen LogP contribution in [0.2, 0.25) is 0 Å². The molecule has 0 fully saturated rings. The summed E-state index contributed by atoms with van der Waals surface area (Å²) in [5, 5.41) is 14.8. The Hall–Kier alpha value is -2.65. The summed E-state index contributed by atoms with van der Waals surface area (Å²) in [7, 11) is 0. The Balaban J connectivity index is 1.52. The molecule has 9 heteroatoms. The van der Waals surface area contributed by atoms with Crippen LogP contribution in [-0.2, 0) is 4.79 Å². The summed E-state index contributed by atoms with van der Waals surface area (Å²) >= 11 is 2.55. The fourth-order valence-corrected chi connectivity index (χ4v) is 3.65. The predicted molar refractivity (Wildman–Crippen MR) is 103 cm³/mol. The van der Waals surface area contributed by atoms with Crippen LogP contribution in [0.4, 0.5) is 5.13 Å². The van der Waals surface area contributed by atoms with E-state index in [9.17, 15) is 14.7 Å². The van der Waals surface area contributed by atoms with Gasteiger partial charge in [0, 0.05) is 23.1 Å². The van der Waals surface area contributed by atoms with Crippen LogP contribution in [0.15, 0.2) is 45.7 Å². The van der Waals surface area contributed by atoms with Gasteiger partial charge in [-0.15, -0.1) is 11.3 Å². The second kappa shape index (κ2) is 8.15. The lowest BCUT2D eigenvalue weighted by Crippen LogP contribution is -2.12. The quantitative estimate of drug-likeness (QED) is 0.442. The van der Waals surface area contributed by atoms with Crippen LogP contribution in [0.25, 0.3) is 11.3 Å². The van der Waals surface area contributed by atoms with Crippen LogP contribution < -0.4 is 10.9 Å². The number of carbonyl (C=O) groups is 1. The van der Waals surface area contributed by atoms with Gasteiger partial charge in [-0.25, -0.2) is 4.98 Å². The van der Waals surface area contributed by atoms with Crippen molar-refractivity contribution in [1.82, 2.24) is 15.0 Å². The maximum absolute atomic E-state index is 12.0. The van der Waals surface area contributed by atoms with Gasteiger partial charge in [0.25, 0.3) is 5.56 Å². The number of H-pyrrole nitrogens is 1. The maximum Gasteiger partial charge on any atom is 0.255 e. The number of hydrogen-bond acceptors (Lipinski definition) is 7. The maximum atomic E-state index is 12.0. The highest BCUT2D eigenvalue weighted by atomic mass is 32.2. The number of benzene rings is 1. The molecule has 2 heterocycles. The van der Waals surface area contributed by atoms with Crippen molar-refractivity contribution in [2.75, 3.05) is 11.1 Å². The summed E-state index contributed by atoms with van der Waals surface area (Å²) in [6.45, 7) is 2.02. The van der Waals surface area contributed by atoms with Gasteiger partial charge in [-0.2, -0.15) is 4.98 Å². The van der Waals surface area contributed by atoms with Crippen molar-refractivity contribution in [2.24, 2.45) is 0 Å². The van der Waals surface area contributed by atoms with Crippen LogP contribution in [0.5, 0.6) is 5.88 Å². The largest absolute Gasteiger partial charge is 0.493 e. The van der Waals surface area contributed by atoms with E-state index in [0.717, 1.165) is 17.3 Å². The molecule has 26 heavy (non-hydrogen) atoms. The summed E-state index contributed by atoms with van der Waals surface area (Å²) in [6, 6.07) is 9.02. The second-order valence-corrected chi connectivity index (χ2v) is 7.40. The molecule has 134 valence electrons. The predicted octanol–water partition coefficient (Wildman–Crippen LogP) is 3.03. The second-order valence-electron chi connectivity index (χ2n) is 5.46. The number of nitrogens with zero attached hydrogens (tertiary/aromatic N) is 2. The van der Waals surface area contributed by atoms with Crippen LogP contribution in [0.1, 0.15) is 12.0 Å². The number of aromatic hydroxyl groups is 1. The summed E-state index contributed by atoms with van der Waals surface area (Å²) in [4.78, 5) is 34.0. The highest BCUT2D eigenvalue weighted by Gasteiger charge is 2.09. The molecule has 3 aromatic rings. The van der Waals surface area contributed by atoms with E-state index in [1.165, 1.54) is 28.7 Å². The number of aromatic amines is 1. The third-order valence-corrected chi connectivity index (χ3v) is 5.00. The Morgan fingerprint density at radius 1 is 1.31 bits per heavy atom. The molecule has 0 bridgehead atoms. The highest BCUT2D eigenvalue weighted by molar-refractivity contribution is 7.99. The Morgan fingerprint density at radius 3 is 2.81 bits per heavy atom. The molecule has 0 aliphatic heterocycles. The molecule has 3 rings (SSSR count). The zero-order valence-corrected chi connectivity index (χ0v) is 15.5. The summed E-state index contributed by atoms with van der Waals surface area (Å²) in [5.74, 6) is -0.106. The van der Waals surface area contributed by atoms with E-state index in [-0.39, 0.29) is 23.4 Å². The van der Waals surface area contributed by atoms with Gasteiger partial charge in [-0.05, 0) is 6.92 Å². The van der Waals surface area contributed by atoms with E-state index in [2.05, 4.69) is 20.3 Å². The van der Waals surface area contributed by atoms with Crippen LogP contribution >= 0.6 is 23.1 Å². The molecule has 1 amide bonds. The lowest BCUT2D eigenvalue weighted by molar-refractivity contribution is -0.115. The van der Waals surface area contributed by atoms with Crippen molar-refractivity contribution in [2.45, 2.75) is 18.5 Å². The van der Waals surface area contributed by atoms with Crippen molar-refractivity contribution in [1.29, 1.82) is 0 Å². The number of thioether (sulfide) groups is 1. The van der Waals surface area contributed by atoms with Crippen LogP contribution in [-0.4, -0.2) is 31.7 Å². The number of thiazole rings is 1. The molecule has 1 aromatic carbocycles. The molecular formula is C17H16N4O3S2. The highest BCUT2D eigenvalue weighted by Crippen LogP contribution is 2.25. The smallest absolute Gasteiger partial charge is 0.255 e. The molecule has 0 atom stereocenters. The minimum Gasteiger partial charge on any atom is -0.493 e. The third kappa shape index (κ3) is 4.93. The zero-order valence-electron chi connectivity index (χ0n) is 13.9. The lowest BCUT2D eigenvalue weighted by atomic mass is 10.1. The number of hydrogen-bond donors (Lipinski definition) is 3. The number of aryl methyl sites for hydroxylation is 1. The van der Waals surface area contributed by atoms with Gasteiger partial charge in [0.2, 0.25) is 11.8 Å². The molecule has 7 nitrogen and oxygen atoms in total. The van der Waals surface area contributed by atoms with E-state index >= 15 is 0 Å². The lowest BCUT2D eigenvalue weighted by Gasteiger charge is -2.02. The van der Waals surface area contributed by atoms with Gasteiger partial charge >= 0.3 is 0 Å². The Bertz CT molecular complexity index is 967. The Morgan fingerprint density at radius 2 is 2.08 bits per heavy atom. The first-order valence-corrected chi connectivity index (χ1v) is 9.62. The van der Waals surface area contributed by atoms with Crippen LogP contribution in [0, 0.1) is 6.92 Å². The van der Waals surface area contributed by atoms with Gasteiger partial charge in [0.15, 0.2) is 10.3 Å². The minimum absolute atomic E-state index is 0.176. The minimum atomic E-state index is -0.434. The molecule has 0 saturated carbocycles. The fourth-order valence-electron chi connectivity index (χ4n) is 2.10. The van der Waals surface area contributed by atoms with E-state index in [4.69, 9.17) is 0 Å². The topological polar surface area (TPSA) is 108 Å². The average molecular weight is 388 g/mol. The van der Waals surface area contributed by atoms with E-state index in [1.807, 2.05) is 36.6 Å². The van der Waals surface area contributed by atoms with Crippen molar-refractivity contribution in [3.05, 3.63) is 51.6 Å². The molecule has 3 N–H and O–H groups in total. The average Bonchev–Trinajstić information content (AvgIpc) is 3.03. The molecule has 0 spiro atoms. The number of amides is 1. The molecule has 0 aliphatic carbocycles. The zero-order chi connectivity index (χ0) is 18.5. The monoisotopic (exact) mass is 388 g/mol. The normalized spacial score (nSPS) is 10.7. The van der Waals surface area contributed by atoms with Crippen molar-refractivity contribution in [3.63, 3.8) is 0 Å². The van der Waals surface area contributed by atoms with Crippen molar-refractivity contribution >= 4 is 34.1 Å². The SMILES string of the molecule is Cc1ccc(-c2csc(NC(=O)CCSc3nc(O)cc(=O)[nH]3)n2)cc1. The summed E-state index contributed by atoms with van der Waals surface area (Å²) in [5.41, 5.74) is 2.57. The number of aromatic nitrogens is 3. The molecule has 0 saturated heterocycles. The van der Waals surface area contributed by atoms with Gasteiger partial charge in [0.05, 0.1) is 11.8 Å². The van der Waals surface area contributed by atoms with Gasteiger partial charge < -0.3 is 15.4 Å². The number of anilines is 1. The molecule has 0 radical (unpaired) electrons. The first kappa shape index (κ1) is 18.2. The summed E-state index contributed by atoms with van der Waals surface area (Å²) < 4.78 is 0. The fraction of sp³-hybridized carbons (Fsp3) is 0.176. The van der Waals surface area contributed by atoms with Crippen LogP contribution in [0.3, 0.4) is 0 Å². The van der Waals surface area contributed by atoms with Crippen molar-refractivity contribution < 1.29 is 9.90 Å². The Kier molecular flexibility index (Phi) is 5.69. The van der Waals surface area contributed by atoms with E-state index < -0.39 is 5.56 Å². The summed E-state index contributed by atoms with van der Waals surface area (Å²) in [6.07, 6.45) is 0.226. The van der Waals surface area contributed by atoms with Gasteiger partial charge in [-0.1, -0.05) is 41.6 Å². The number of nitrogens with one attached hydrogen (secondary N) is 2. The van der Waals surface area contributed by atoms with Gasteiger partial charge in [-0.3, -0.25) is 9.59 Å². The Labute approximate surface area is 157 Å². The van der Waals surface area contributed by atoms with Crippen molar-refractivity contribution in [3.8, 4) is 17.1 Å². The first-order valence-electron chi connectivity index (χ1n) is 7.75. The standard InChI is InChI=1S/C17H16N4O3S2/c1-10-2-4-11(5-3-10)12-9-26-16(18-12)19-13(22)6-7-25-17-20-14(23)8-15(24)21-17/h2-5,8-9H,6-7H2,1H3,(H,18,19,22)(H2,20,21,23,24). The third-order valence-electron chi connectivity index (χ3n) is 3.37. The molecular weight excluding hydrogens is 372 g/mol. The first-order chi connectivity index (χ1) is 12.5.